The number of hydrogen-bond donors (Lipinski definition) is 0. The second kappa shape index (κ2) is 6.33. The van der Waals surface area contributed by atoms with E-state index in [0.717, 1.165) is 19.1 Å². The van der Waals surface area contributed by atoms with E-state index in [9.17, 15) is 4.79 Å². The minimum absolute atomic E-state index is 0.150. The number of nitrogens with zero attached hydrogens (tertiary/aromatic N) is 2. The minimum atomic E-state index is 0.150. The molecule has 0 atom stereocenters. The van der Waals surface area contributed by atoms with E-state index in [2.05, 4.69) is 10.1 Å². The largest absolute Gasteiger partial charge is 0.482 e. The summed E-state index contributed by atoms with van der Waals surface area (Å²) in [6.07, 6.45) is 2.46. The van der Waals surface area contributed by atoms with Crippen molar-refractivity contribution in [3.05, 3.63) is 40.5 Å². The molecule has 1 heterocycles. The number of hydrogen-bond acceptors (Lipinski definition) is 5. The summed E-state index contributed by atoms with van der Waals surface area (Å²) < 4.78 is 10.5. The van der Waals surface area contributed by atoms with Crippen molar-refractivity contribution >= 4 is 17.9 Å². The maximum Gasteiger partial charge on any atom is 0.264 e. The van der Waals surface area contributed by atoms with Gasteiger partial charge in [-0.05, 0) is 24.6 Å². The Balaban J connectivity index is 1.99. The van der Waals surface area contributed by atoms with Crippen LogP contribution in [0.5, 0.6) is 5.75 Å². The van der Waals surface area contributed by atoms with Gasteiger partial charge in [-0.15, -0.1) is 0 Å². The van der Waals surface area contributed by atoms with Crippen LogP contribution in [0.25, 0.3) is 0 Å². The van der Waals surface area contributed by atoms with E-state index >= 15 is 0 Å². The highest BCUT2D eigenvalue weighted by atomic mass is 35.5. The summed E-state index contributed by atoms with van der Waals surface area (Å²) in [4.78, 5) is 14.8. The molecular formula is C13H13ClN2O3. The Morgan fingerprint density at radius 2 is 2.32 bits per heavy atom. The normalized spacial score (nSPS) is 10.4. The average Bonchev–Trinajstić information content (AvgIpc) is 2.85. The van der Waals surface area contributed by atoms with Crippen LogP contribution in [0.3, 0.4) is 0 Å². The summed E-state index contributed by atoms with van der Waals surface area (Å²) in [7, 11) is 0. The molecule has 0 saturated carbocycles. The average molecular weight is 281 g/mol. The Kier molecular flexibility index (Phi) is 4.52. The molecule has 5 nitrogen and oxygen atoms in total. The van der Waals surface area contributed by atoms with Gasteiger partial charge in [0.15, 0.2) is 12.4 Å². The molecule has 0 spiro atoms. The van der Waals surface area contributed by atoms with E-state index in [0.29, 0.717) is 28.1 Å². The van der Waals surface area contributed by atoms with Gasteiger partial charge in [0.25, 0.3) is 5.89 Å². The van der Waals surface area contributed by atoms with Crippen molar-refractivity contribution in [3.63, 3.8) is 0 Å². The summed E-state index contributed by atoms with van der Waals surface area (Å²) in [5.74, 6) is 1.55. The number of aldehydes is 1. The highest BCUT2D eigenvalue weighted by Gasteiger charge is 2.08. The quantitative estimate of drug-likeness (QED) is 0.761. The molecule has 0 N–H and O–H groups in total. The number of carbonyl (C=O) groups is 1. The number of benzene rings is 1. The first-order valence-electron chi connectivity index (χ1n) is 5.92. The zero-order chi connectivity index (χ0) is 13.7. The molecule has 0 radical (unpaired) electrons. The summed E-state index contributed by atoms with van der Waals surface area (Å²) in [5, 5.41) is 4.20. The first kappa shape index (κ1) is 13.5. The van der Waals surface area contributed by atoms with Crippen molar-refractivity contribution in [1.29, 1.82) is 0 Å². The first-order valence-corrected chi connectivity index (χ1v) is 6.29. The molecule has 0 aliphatic carbocycles. The van der Waals surface area contributed by atoms with Crippen LogP contribution in [0.4, 0.5) is 0 Å². The van der Waals surface area contributed by atoms with Crippen LogP contribution < -0.4 is 4.74 Å². The molecule has 0 aliphatic rings. The Morgan fingerprint density at radius 1 is 1.47 bits per heavy atom. The van der Waals surface area contributed by atoms with Gasteiger partial charge >= 0.3 is 0 Å². The van der Waals surface area contributed by atoms with Crippen LogP contribution in [0.2, 0.25) is 5.02 Å². The smallest absolute Gasteiger partial charge is 0.264 e. The summed E-state index contributed by atoms with van der Waals surface area (Å²) in [5.41, 5.74) is 0.500. The molecule has 2 aromatic rings. The highest BCUT2D eigenvalue weighted by molar-refractivity contribution is 6.32. The maximum atomic E-state index is 10.6. The standard InChI is InChI=1S/C13H13ClN2O3/c1-2-3-12-15-13(19-16-12)8-18-11-5-4-9(7-17)6-10(11)14/h4-7H,2-3,8H2,1H3. The van der Waals surface area contributed by atoms with Gasteiger partial charge < -0.3 is 9.26 Å². The highest BCUT2D eigenvalue weighted by Crippen LogP contribution is 2.25. The van der Waals surface area contributed by atoms with Gasteiger partial charge in [0.05, 0.1) is 5.02 Å². The number of ether oxygens (including phenoxy) is 1. The summed E-state index contributed by atoms with van der Waals surface area (Å²) >= 11 is 5.98. The Bertz CT molecular complexity index is 569. The van der Waals surface area contributed by atoms with E-state index in [1.54, 1.807) is 18.2 Å². The maximum absolute atomic E-state index is 10.6. The molecule has 0 bridgehead atoms. The lowest BCUT2D eigenvalue weighted by Crippen LogP contribution is -1.97. The van der Waals surface area contributed by atoms with Crippen molar-refractivity contribution in [3.8, 4) is 5.75 Å². The molecule has 19 heavy (non-hydrogen) atoms. The fraction of sp³-hybridized carbons (Fsp3) is 0.308. The third kappa shape index (κ3) is 3.54. The minimum Gasteiger partial charge on any atom is -0.482 e. The van der Waals surface area contributed by atoms with Crippen molar-refractivity contribution < 1.29 is 14.1 Å². The Hall–Kier alpha value is -1.88. The summed E-state index contributed by atoms with van der Waals surface area (Å²) in [6, 6.07) is 4.81. The fourth-order valence-electron chi connectivity index (χ4n) is 1.52. The monoisotopic (exact) mass is 280 g/mol. The Morgan fingerprint density at radius 3 is 3.00 bits per heavy atom. The molecular weight excluding hydrogens is 268 g/mol. The van der Waals surface area contributed by atoms with E-state index in [-0.39, 0.29) is 6.61 Å². The molecule has 0 fully saturated rings. The molecule has 0 aliphatic heterocycles. The van der Waals surface area contributed by atoms with Crippen LogP contribution in [0.15, 0.2) is 22.7 Å². The number of carbonyl (C=O) groups excluding carboxylic acids is 1. The van der Waals surface area contributed by atoms with Gasteiger partial charge in [-0.2, -0.15) is 4.98 Å². The second-order valence-electron chi connectivity index (χ2n) is 3.95. The lowest BCUT2D eigenvalue weighted by atomic mass is 10.2. The zero-order valence-corrected chi connectivity index (χ0v) is 11.2. The topological polar surface area (TPSA) is 65.2 Å². The van der Waals surface area contributed by atoms with Gasteiger partial charge in [0.1, 0.15) is 12.0 Å². The van der Waals surface area contributed by atoms with Crippen LogP contribution in [0, 0.1) is 0 Å². The lowest BCUT2D eigenvalue weighted by Gasteiger charge is -2.05. The van der Waals surface area contributed by atoms with E-state index in [1.165, 1.54) is 0 Å². The van der Waals surface area contributed by atoms with E-state index < -0.39 is 0 Å². The van der Waals surface area contributed by atoms with Gasteiger partial charge in [-0.1, -0.05) is 23.7 Å². The fourth-order valence-corrected chi connectivity index (χ4v) is 1.76. The molecule has 1 aromatic heterocycles. The molecule has 6 heteroatoms. The number of aryl methyl sites for hydroxylation is 1. The predicted molar refractivity (Wildman–Crippen MR) is 69.5 cm³/mol. The van der Waals surface area contributed by atoms with Crippen molar-refractivity contribution in [2.24, 2.45) is 0 Å². The van der Waals surface area contributed by atoms with E-state index in [1.807, 2.05) is 6.92 Å². The molecule has 2 rings (SSSR count). The Labute approximate surface area is 115 Å². The van der Waals surface area contributed by atoms with Gasteiger partial charge in [-0.3, -0.25) is 4.79 Å². The van der Waals surface area contributed by atoms with Crippen molar-refractivity contribution in [2.45, 2.75) is 26.4 Å². The van der Waals surface area contributed by atoms with Crippen LogP contribution in [-0.2, 0) is 13.0 Å². The molecule has 0 unspecified atom stereocenters. The van der Waals surface area contributed by atoms with E-state index in [4.69, 9.17) is 20.9 Å². The first-order chi connectivity index (χ1) is 9.22. The van der Waals surface area contributed by atoms with Gasteiger partial charge in [-0.25, -0.2) is 0 Å². The third-order valence-electron chi connectivity index (χ3n) is 2.43. The molecule has 1 aromatic carbocycles. The van der Waals surface area contributed by atoms with Crippen molar-refractivity contribution in [1.82, 2.24) is 10.1 Å². The number of aromatic nitrogens is 2. The molecule has 0 amide bonds. The molecule has 0 saturated heterocycles. The second-order valence-corrected chi connectivity index (χ2v) is 4.36. The predicted octanol–water partition coefficient (Wildman–Crippen LogP) is 3.07. The number of halogens is 1. The van der Waals surface area contributed by atoms with Crippen LogP contribution in [0.1, 0.15) is 35.4 Å². The van der Waals surface area contributed by atoms with Crippen LogP contribution in [-0.4, -0.2) is 16.4 Å². The van der Waals surface area contributed by atoms with Crippen molar-refractivity contribution in [2.75, 3.05) is 0 Å². The number of rotatable bonds is 6. The van der Waals surface area contributed by atoms with Gasteiger partial charge in [0.2, 0.25) is 0 Å². The zero-order valence-electron chi connectivity index (χ0n) is 10.4. The third-order valence-corrected chi connectivity index (χ3v) is 2.72. The lowest BCUT2D eigenvalue weighted by molar-refractivity contribution is 0.112. The SMILES string of the molecule is CCCc1noc(COc2ccc(C=O)cc2Cl)n1. The molecule has 100 valence electrons. The van der Waals surface area contributed by atoms with Crippen LogP contribution >= 0.6 is 11.6 Å². The van der Waals surface area contributed by atoms with Gasteiger partial charge in [0, 0.05) is 12.0 Å². The summed E-state index contributed by atoms with van der Waals surface area (Å²) in [6.45, 7) is 2.19.